The molecule has 0 saturated heterocycles. The summed E-state index contributed by atoms with van der Waals surface area (Å²) in [5, 5.41) is 14.0. The van der Waals surface area contributed by atoms with Gasteiger partial charge in [0.2, 0.25) is 5.75 Å². The van der Waals surface area contributed by atoms with Crippen LogP contribution in [0, 0.1) is 21.7 Å². The fourth-order valence-electron chi connectivity index (χ4n) is 1.84. The molecular formula is C14H12F2N2O3. The number of hydrogen-bond donors (Lipinski definition) is 1. The summed E-state index contributed by atoms with van der Waals surface area (Å²) in [4.78, 5) is 10.6. The number of para-hydroxylation sites is 1. The number of rotatable bonds is 5. The second-order valence-electron chi connectivity index (χ2n) is 4.15. The minimum Gasteiger partial charge on any atom is -0.450 e. The molecule has 0 atom stereocenters. The third-order valence-electron chi connectivity index (χ3n) is 2.61. The van der Waals surface area contributed by atoms with Gasteiger partial charge >= 0.3 is 5.69 Å². The molecule has 1 N–H and O–H groups in total. The molecular weight excluding hydrogens is 282 g/mol. The largest absolute Gasteiger partial charge is 0.450 e. The van der Waals surface area contributed by atoms with Gasteiger partial charge in [-0.05, 0) is 19.1 Å². The van der Waals surface area contributed by atoms with Gasteiger partial charge in [0.15, 0.2) is 0 Å². The highest BCUT2D eigenvalue weighted by atomic mass is 19.1. The fraction of sp³-hybridized carbons (Fsp3) is 0.143. The molecule has 0 spiro atoms. The van der Waals surface area contributed by atoms with E-state index in [2.05, 4.69) is 5.32 Å². The summed E-state index contributed by atoms with van der Waals surface area (Å²) < 4.78 is 31.5. The van der Waals surface area contributed by atoms with Crippen molar-refractivity contribution >= 4 is 11.4 Å². The predicted molar refractivity (Wildman–Crippen MR) is 73.7 cm³/mol. The Hall–Kier alpha value is -2.70. The molecule has 0 saturated carbocycles. The molecule has 2 aromatic rings. The van der Waals surface area contributed by atoms with Gasteiger partial charge in [-0.2, -0.15) is 0 Å². The summed E-state index contributed by atoms with van der Waals surface area (Å²) in [7, 11) is 0. The first-order chi connectivity index (χ1) is 10.0. The number of nitrogens with zero attached hydrogens (tertiary/aromatic N) is 1. The normalized spacial score (nSPS) is 10.2. The molecule has 0 aliphatic heterocycles. The Balaban J connectivity index is 2.43. The van der Waals surface area contributed by atoms with Crippen LogP contribution in [0.5, 0.6) is 11.5 Å². The van der Waals surface area contributed by atoms with E-state index >= 15 is 0 Å². The van der Waals surface area contributed by atoms with Crippen molar-refractivity contribution < 1.29 is 18.4 Å². The van der Waals surface area contributed by atoms with Crippen molar-refractivity contribution in [3.8, 4) is 11.5 Å². The van der Waals surface area contributed by atoms with Crippen molar-refractivity contribution in [2.24, 2.45) is 0 Å². The van der Waals surface area contributed by atoms with E-state index in [4.69, 9.17) is 4.74 Å². The number of hydrogen-bond acceptors (Lipinski definition) is 4. The Bertz CT molecular complexity index is 657. The van der Waals surface area contributed by atoms with E-state index in [-0.39, 0.29) is 22.9 Å². The third-order valence-corrected chi connectivity index (χ3v) is 2.61. The Labute approximate surface area is 119 Å². The number of nitrogens with one attached hydrogen (secondary N) is 1. The quantitative estimate of drug-likeness (QED) is 0.666. The molecule has 2 aromatic carbocycles. The monoisotopic (exact) mass is 294 g/mol. The summed E-state index contributed by atoms with van der Waals surface area (Å²) >= 11 is 0. The van der Waals surface area contributed by atoms with Crippen LogP contribution in [0.1, 0.15) is 6.92 Å². The molecule has 7 heteroatoms. The molecule has 0 unspecified atom stereocenters. The van der Waals surface area contributed by atoms with Gasteiger partial charge in [-0.1, -0.05) is 6.07 Å². The minimum atomic E-state index is -0.824. The van der Waals surface area contributed by atoms with Gasteiger partial charge in [0.25, 0.3) is 0 Å². The van der Waals surface area contributed by atoms with Crippen molar-refractivity contribution in [2.75, 3.05) is 11.9 Å². The average Bonchev–Trinajstić information content (AvgIpc) is 2.37. The van der Waals surface area contributed by atoms with E-state index in [1.54, 1.807) is 13.0 Å². The lowest BCUT2D eigenvalue weighted by Gasteiger charge is -2.10. The summed E-state index contributed by atoms with van der Waals surface area (Å²) in [6.07, 6.45) is 0. The second kappa shape index (κ2) is 6.17. The molecule has 21 heavy (non-hydrogen) atoms. The second-order valence-corrected chi connectivity index (χ2v) is 4.15. The van der Waals surface area contributed by atoms with Gasteiger partial charge in [-0.3, -0.25) is 10.1 Å². The van der Waals surface area contributed by atoms with Gasteiger partial charge < -0.3 is 10.1 Å². The molecule has 2 rings (SSSR count). The van der Waals surface area contributed by atoms with Crippen molar-refractivity contribution in [1.29, 1.82) is 0 Å². The first kappa shape index (κ1) is 14.7. The van der Waals surface area contributed by atoms with Gasteiger partial charge in [-0.15, -0.1) is 0 Å². The Morgan fingerprint density at radius 1 is 1.24 bits per heavy atom. The van der Waals surface area contributed by atoms with Crippen LogP contribution in [-0.4, -0.2) is 11.5 Å². The SMILES string of the molecule is CCNc1cccc(Oc2cc(F)cc(F)c2)c1[N+](=O)[O-]. The zero-order valence-corrected chi connectivity index (χ0v) is 11.1. The predicted octanol–water partition coefficient (Wildman–Crippen LogP) is 4.10. The number of nitro benzene ring substituents is 1. The zero-order chi connectivity index (χ0) is 15.4. The highest BCUT2D eigenvalue weighted by Crippen LogP contribution is 2.37. The Kier molecular flexibility index (Phi) is 4.32. The number of anilines is 1. The Morgan fingerprint density at radius 2 is 1.90 bits per heavy atom. The lowest BCUT2D eigenvalue weighted by atomic mass is 10.2. The molecule has 0 aromatic heterocycles. The highest BCUT2D eigenvalue weighted by Gasteiger charge is 2.21. The number of nitro groups is 1. The van der Waals surface area contributed by atoms with Crippen LogP contribution in [0.2, 0.25) is 0 Å². The zero-order valence-electron chi connectivity index (χ0n) is 11.1. The lowest BCUT2D eigenvalue weighted by molar-refractivity contribution is -0.384. The van der Waals surface area contributed by atoms with Gasteiger partial charge in [-0.25, -0.2) is 8.78 Å². The Morgan fingerprint density at radius 3 is 2.48 bits per heavy atom. The van der Waals surface area contributed by atoms with Crippen LogP contribution in [0.15, 0.2) is 36.4 Å². The summed E-state index contributed by atoms with van der Waals surface area (Å²) in [6.45, 7) is 2.28. The topological polar surface area (TPSA) is 64.4 Å². The molecule has 0 fully saturated rings. The molecule has 110 valence electrons. The van der Waals surface area contributed by atoms with E-state index in [9.17, 15) is 18.9 Å². The molecule has 0 aliphatic carbocycles. The van der Waals surface area contributed by atoms with E-state index in [0.717, 1.165) is 12.1 Å². The number of ether oxygens (including phenoxy) is 1. The molecule has 0 heterocycles. The minimum absolute atomic E-state index is 0.0940. The van der Waals surface area contributed by atoms with E-state index < -0.39 is 16.6 Å². The maximum Gasteiger partial charge on any atom is 0.334 e. The van der Waals surface area contributed by atoms with Crippen molar-refractivity contribution in [3.63, 3.8) is 0 Å². The first-order valence-electron chi connectivity index (χ1n) is 6.16. The van der Waals surface area contributed by atoms with Crippen LogP contribution in [0.4, 0.5) is 20.2 Å². The number of benzene rings is 2. The van der Waals surface area contributed by atoms with Gasteiger partial charge in [0.1, 0.15) is 23.1 Å². The molecule has 5 nitrogen and oxygen atoms in total. The fourth-order valence-corrected chi connectivity index (χ4v) is 1.84. The molecule has 0 radical (unpaired) electrons. The lowest BCUT2D eigenvalue weighted by Crippen LogP contribution is -2.02. The summed E-state index contributed by atoms with van der Waals surface area (Å²) in [6, 6.07) is 7.04. The smallest absolute Gasteiger partial charge is 0.334 e. The van der Waals surface area contributed by atoms with Crippen LogP contribution in [-0.2, 0) is 0 Å². The van der Waals surface area contributed by atoms with Crippen LogP contribution < -0.4 is 10.1 Å². The summed E-state index contributed by atoms with van der Waals surface area (Å²) in [5.41, 5.74) is -0.0131. The molecule has 0 amide bonds. The van der Waals surface area contributed by atoms with Crippen LogP contribution in [0.3, 0.4) is 0 Å². The molecule has 0 bridgehead atoms. The first-order valence-corrected chi connectivity index (χ1v) is 6.16. The van der Waals surface area contributed by atoms with Crippen molar-refractivity contribution in [2.45, 2.75) is 6.92 Å². The van der Waals surface area contributed by atoms with Crippen LogP contribution >= 0.6 is 0 Å². The van der Waals surface area contributed by atoms with Crippen molar-refractivity contribution in [1.82, 2.24) is 0 Å². The van der Waals surface area contributed by atoms with Gasteiger partial charge in [0.05, 0.1) is 4.92 Å². The van der Waals surface area contributed by atoms with Crippen LogP contribution in [0.25, 0.3) is 0 Å². The van der Waals surface area contributed by atoms with Gasteiger partial charge in [0, 0.05) is 24.7 Å². The van der Waals surface area contributed by atoms with E-state index in [0.29, 0.717) is 12.6 Å². The van der Waals surface area contributed by atoms with Crippen molar-refractivity contribution in [3.05, 3.63) is 58.1 Å². The standard InChI is InChI=1S/C14H12F2N2O3/c1-2-17-12-4-3-5-13(14(12)18(19)20)21-11-7-9(15)6-10(16)8-11/h3-8,17H,2H2,1H3. The van der Waals surface area contributed by atoms with E-state index in [1.165, 1.54) is 12.1 Å². The average molecular weight is 294 g/mol. The van der Waals surface area contributed by atoms with E-state index in [1.807, 2.05) is 0 Å². The summed E-state index contributed by atoms with van der Waals surface area (Å²) in [5.74, 6) is -1.89. The maximum atomic E-state index is 13.1. The molecule has 0 aliphatic rings. The highest BCUT2D eigenvalue weighted by molar-refractivity contribution is 5.68. The third kappa shape index (κ3) is 3.44. The number of halogens is 2. The maximum absolute atomic E-state index is 13.1.